The number of amides is 1. The van der Waals surface area contributed by atoms with Crippen LogP contribution in [-0.2, 0) is 11.2 Å². The van der Waals surface area contributed by atoms with Crippen molar-refractivity contribution in [3.05, 3.63) is 77.3 Å². The highest BCUT2D eigenvalue weighted by atomic mass is 35.5. The zero-order valence-electron chi connectivity index (χ0n) is 19.8. The van der Waals surface area contributed by atoms with Gasteiger partial charge < -0.3 is 16.0 Å². The number of aliphatic imine (C=N–C) groups is 1. The first-order chi connectivity index (χ1) is 17.5. The fourth-order valence-corrected chi connectivity index (χ4v) is 4.40. The maximum atomic E-state index is 13.2. The van der Waals surface area contributed by atoms with Gasteiger partial charge in [0, 0.05) is 43.2 Å². The third kappa shape index (κ3) is 4.50. The second kappa shape index (κ2) is 9.74. The molecule has 0 spiro atoms. The fraction of sp³-hybridized carbons (Fsp3) is 0.200. The summed E-state index contributed by atoms with van der Waals surface area (Å²) >= 11 is 6.04. The Hall–Kier alpha value is -4.31. The number of nitrogens with two attached hydrogens (primary N) is 1. The summed E-state index contributed by atoms with van der Waals surface area (Å²) in [6, 6.07) is 13.3. The van der Waals surface area contributed by atoms with Crippen molar-refractivity contribution in [2.24, 2.45) is 10.7 Å². The van der Waals surface area contributed by atoms with Crippen molar-refractivity contribution in [2.75, 3.05) is 24.3 Å². The summed E-state index contributed by atoms with van der Waals surface area (Å²) in [5.41, 5.74) is 8.63. The van der Waals surface area contributed by atoms with Crippen molar-refractivity contribution in [1.82, 2.24) is 24.6 Å². The number of nitrogens with one attached hydrogen (secondary N) is 1. The molecule has 1 unspecified atom stereocenters. The summed E-state index contributed by atoms with van der Waals surface area (Å²) < 4.78 is 1.95. The van der Waals surface area contributed by atoms with E-state index in [9.17, 15) is 4.79 Å². The lowest BCUT2D eigenvalue weighted by Gasteiger charge is -2.17. The van der Waals surface area contributed by atoms with Crippen molar-refractivity contribution in [3.63, 3.8) is 0 Å². The summed E-state index contributed by atoms with van der Waals surface area (Å²) in [5, 5.41) is 12.7. The van der Waals surface area contributed by atoms with E-state index in [1.807, 2.05) is 40.8 Å². The molecule has 1 aliphatic heterocycles. The molecule has 4 heterocycles. The zero-order chi connectivity index (χ0) is 25.2. The lowest BCUT2D eigenvalue weighted by atomic mass is 9.95. The number of hydrogen-bond donors (Lipinski definition) is 2. The van der Waals surface area contributed by atoms with Crippen LogP contribution in [0.25, 0.3) is 16.9 Å². The van der Waals surface area contributed by atoms with Crippen LogP contribution in [0.3, 0.4) is 0 Å². The lowest BCUT2D eigenvalue weighted by molar-refractivity contribution is -0.118. The molecule has 10 nitrogen and oxygen atoms in total. The first-order valence-electron chi connectivity index (χ1n) is 11.3. The van der Waals surface area contributed by atoms with Gasteiger partial charge in [-0.3, -0.25) is 14.2 Å². The molecule has 1 aliphatic rings. The van der Waals surface area contributed by atoms with Crippen LogP contribution < -0.4 is 16.0 Å². The van der Waals surface area contributed by atoms with E-state index in [1.54, 1.807) is 37.3 Å². The number of hydrogen-bond acceptors (Lipinski definition) is 7. The maximum absolute atomic E-state index is 13.2. The van der Waals surface area contributed by atoms with Crippen LogP contribution in [0.2, 0.25) is 5.02 Å². The number of halogens is 1. The number of pyridine rings is 1. The molecule has 0 radical (unpaired) electrons. The molecule has 1 atom stereocenters. The highest BCUT2D eigenvalue weighted by Gasteiger charge is 2.30. The van der Waals surface area contributed by atoms with Gasteiger partial charge in [-0.05, 0) is 54.6 Å². The van der Waals surface area contributed by atoms with E-state index in [2.05, 4.69) is 30.5 Å². The van der Waals surface area contributed by atoms with Crippen LogP contribution in [-0.4, -0.2) is 50.4 Å². The smallest absolute Gasteiger partial charge is 0.228 e. The van der Waals surface area contributed by atoms with Gasteiger partial charge in [-0.2, -0.15) is 0 Å². The number of nitrogens with zero attached hydrogens (tertiary/aromatic N) is 7. The number of carbonyl (C=O) groups is 1. The second-order valence-electron chi connectivity index (χ2n) is 8.40. The summed E-state index contributed by atoms with van der Waals surface area (Å²) in [5.74, 6) is 2.20. The van der Waals surface area contributed by atoms with Crippen LogP contribution in [0.5, 0.6) is 0 Å². The van der Waals surface area contributed by atoms with E-state index in [1.165, 1.54) is 6.20 Å². The zero-order valence-corrected chi connectivity index (χ0v) is 20.5. The number of anilines is 2. The number of benzene rings is 1. The fourth-order valence-electron chi connectivity index (χ4n) is 4.27. The SMILES string of the molecule is CN=C(C=CN)Nc1nccc(-c2cc3n4c(nnc4c2)C(Cc2ccc(Cl)cc2)CC(=O)N3C)n1. The summed E-state index contributed by atoms with van der Waals surface area (Å²) in [7, 11) is 3.41. The van der Waals surface area contributed by atoms with E-state index in [0.717, 1.165) is 17.0 Å². The predicted octanol–water partition coefficient (Wildman–Crippen LogP) is 3.45. The molecule has 1 amide bonds. The molecule has 3 aromatic heterocycles. The third-order valence-electron chi connectivity index (χ3n) is 6.10. The Kier molecular flexibility index (Phi) is 6.34. The molecular formula is C25H24ClN9O. The molecule has 1 aromatic carbocycles. The highest BCUT2D eigenvalue weighted by Crippen LogP contribution is 2.34. The summed E-state index contributed by atoms with van der Waals surface area (Å²) in [4.78, 5) is 27.8. The minimum Gasteiger partial charge on any atom is -0.404 e. The van der Waals surface area contributed by atoms with E-state index in [-0.39, 0.29) is 11.8 Å². The van der Waals surface area contributed by atoms with Crippen molar-refractivity contribution in [3.8, 4) is 11.3 Å². The Balaban J connectivity index is 1.55. The van der Waals surface area contributed by atoms with E-state index in [4.69, 9.17) is 17.3 Å². The normalized spacial score (nSPS) is 16.1. The Morgan fingerprint density at radius 2 is 2.06 bits per heavy atom. The van der Waals surface area contributed by atoms with Gasteiger partial charge in [-0.15, -0.1) is 10.2 Å². The molecule has 0 fully saturated rings. The molecule has 0 aliphatic carbocycles. The molecule has 182 valence electrons. The highest BCUT2D eigenvalue weighted by molar-refractivity contribution is 6.30. The molecule has 4 aromatic rings. The van der Waals surface area contributed by atoms with Crippen molar-refractivity contribution < 1.29 is 4.79 Å². The van der Waals surface area contributed by atoms with Crippen LogP contribution in [0, 0.1) is 0 Å². The number of rotatable bonds is 5. The van der Waals surface area contributed by atoms with Gasteiger partial charge in [-0.1, -0.05) is 23.7 Å². The van der Waals surface area contributed by atoms with Gasteiger partial charge in [0.1, 0.15) is 17.5 Å². The topological polar surface area (TPSA) is 127 Å². The summed E-state index contributed by atoms with van der Waals surface area (Å²) in [6.07, 6.45) is 5.63. The van der Waals surface area contributed by atoms with E-state index < -0.39 is 0 Å². The number of carbonyl (C=O) groups excluding carboxylic acids is 1. The summed E-state index contributed by atoms with van der Waals surface area (Å²) in [6.45, 7) is 0. The Morgan fingerprint density at radius 3 is 2.81 bits per heavy atom. The lowest BCUT2D eigenvalue weighted by Crippen LogP contribution is -2.27. The van der Waals surface area contributed by atoms with E-state index in [0.29, 0.717) is 46.8 Å². The molecule has 5 rings (SSSR count). The quantitative estimate of drug-likeness (QED) is 0.317. The average Bonchev–Trinajstić information content (AvgIpc) is 3.28. The minimum absolute atomic E-state index is 0.000303. The van der Waals surface area contributed by atoms with Crippen LogP contribution >= 0.6 is 11.6 Å². The van der Waals surface area contributed by atoms with Gasteiger partial charge in [0.2, 0.25) is 11.9 Å². The third-order valence-corrected chi connectivity index (χ3v) is 6.35. The molecule has 0 saturated carbocycles. The van der Waals surface area contributed by atoms with Crippen molar-refractivity contribution in [1.29, 1.82) is 0 Å². The number of amidine groups is 1. The van der Waals surface area contributed by atoms with Crippen LogP contribution in [0.1, 0.15) is 23.7 Å². The monoisotopic (exact) mass is 501 g/mol. The van der Waals surface area contributed by atoms with Gasteiger partial charge in [0.25, 0.3) is 0 Å². The van der Waals surface area contributed by atoms with Gasteiger partial charge in [0.05, 0.1) is 5.69 Å². The largest absolute Gasteiger partial charge is 0.404 e. The van der Waals surface area contributed by atoms with Gasteiger partial charge in [0.15, 0.2) is 5.65 Å². The molecule has 0 saturated heterocycles. The molecular weight excluding hydrogens is 478 g/mol. The molecule has 36 heavy (non-hydrogen) atoms. The Morgan fingerprint density at radius 1 is 1.25 bits per heavy atom. The number of aromatic nitrogens is 5. The second-order valence-corrected chi connectivity index (χ2v) is 8.83. The minimum atomic E-state index is -0.125. The average molecular weight is 502 g/mol. The predicted molar refractivity (Wildman–Crippen MR) is 140 cm³/mol. The van der Waals surface area contributed by atoms with Gasteiger partial charge in [-0.25, -0.2) is 9.97 Å². The Labute approximate surface area is 212 Å². The first-order valence-corrected chi connectivity index (χ1v) is 11.7. The van der Waals surface area contributed by atoms with Crippen LogP contribution in [0.4, 0.5) is 11.8 Å². The van der Waals surface area contributed by atoms with Crippen molar-refractivity contribution >= 4 is 40.8 Å². The van der Waals surface area contributed by atoms with Gasteiger partial charge >= 0.3 is 0 Å². The van der Waals surface area contributed by atoms with Crippen LogP contribution in [0.15, 0.2) is 65.9 Å². The molecule has 3 N–H and O–H groups in total. The Bertz CT molecular complexity index is 1490. The van der Waals surface area contributed by atoms with E-state index >= 15 is 0 Å². The van der Waals surface area contributed by atoms with Crippen molar-refractivity contribution in [2.45, 2.75) is 18.8 Å². The standard InChI is InChI=1S/C25H24ClN9O/c1-28-20(7-9-27)31-25-29-10-8-19(30-25)16-12-21-32-33-24-17(11-15-3-5-18(26)6-4-15)14-23(36)34(2)22(13-16)35(21)24/h3-10,12-13,17H,11,14,27H2,1-2H3,(H,28,29,30,31). The first kappa shape index (κ1) is 23.4. The maximum Gasteiger partial charge on any atom is 0.228 e. The molecule has 0 bridgehead atoms. The molecule has 11 heteroatoms.